The van der Waals surface area contributed by atoms with Gasteiger partial charge in [0.05, 0.1) is 22.5 Å². The van der Waals surface area contributed by atoms with Gasteiger partial charge in [0, 0.05) is 14.1 Å². The van der Waals surface area contributed by atoms with Crippen molar-refractivity contribution >= 4 is 21.7 Å². The van der Waals surface area contributed by atoms with Gasteiger partial charge in [-0.1, -0.05) is 0 Å². The van der Waals surface area contributed by atoms with Crippen molar-refractivity contribution in [1.82, 2.24) is 14.8 Å². The van der Waals surface area contributed by atoms with Crippen LogP contribution in [0.5, 0.6) is 5.75 Å². The lowest BCUT2D eigenvalue weighted by atomic mass is 10.2. The maximum absolute atomic E-state index is 5.82. The van der Waals surface area contributed by atoms with Crippen molar-refractivity contribution < 1.29 is 4.74 Å². The van der Waals surface area contributed by atoms with Crippen LogP contribution < -0.4 is 10.1 Å². The maximum atomic E-state index is 5.82. The first-order valence-corrected chi connectivity index (χ1v) is 7.01. The predicted molar refractivity (Wildman–Crippen MR) is 77.3 cm³/mol. The predicted octanol–water partition coefficient (Wildman–Crippen LogP) is 2.83. The number of aryl methyl sites for hydroxylation is 1. The molecule has 19 heavy (non-hydrogen) atoms. The molecular formula is C13H15BrN4O. The van der Waals surface area contributed by atoms with E-state index in [-0.39, 0.29) is 0 Å². The normalized spacial score (nSPS) is 14.5. The van der Waals surface area contributed by atoms with Gasteiger partial charge < -0.3 is 10.1 Å². The van der Waals surface area contributed by atoms with Gasteiger partial charge in [-0.3, -0.25) is 4.68 Å². The molecule has 1 aliphatic rings. The topological polar surface area (TPSA) is 52.0 Å². The Morgan fingerprint density at radius 3 is 2.79 bits per heavy atom. The molecule has 2 aromatic rings. The molecule has 100 valence electrons. The number of nitrogens with zero attached hydrogens (tertiary/aromatic N) is 3. The molecule has 2 heterocycles. The van der Waals surface area contributed by atoms with Gasteiger partial charge in [0.1, 0.15) is 5.69 Å². The second kappa shape index (κ2) is 4.85. The molecule has 0 aliphatic heterocycles. The highest BCUT2D eigenvalue weighted by molar-refractivity contribution is 9.10. The van der Waals surface area contributed by atoms with Crippen LogP contribution in [0.15, 0.2) is 22.8 Å². The molecular weight excluding hydrogens is 308 g/mol. The van der Waals surface area contributed by atoms with Crippen LogP contribution in [-0.4, -0.2) is 27.9 Å². The van der Waals surface area contributed by atoms with E-state index in [1.807, 2.05) is 26.2 Å². The minimum absolute atomic E-state index is 0.364. The van der Waals surface area contributed by atoms with Gasteiger partial charge in [-0.05, 0) is 40.9 Å². The molecule has 5 nitrogen and oxygen atoms in total. The van der Waals surface area contributed by atoms with Crippen molar-refractivity contribution in [2.24, 2.45) is 7.05 Å². The van der Waals surface area contributed by atoms with E-state index in [1.165, 1.54) is 0 Å². The van der Waals surface area contributed by atoms with Gasteiger partial charge in [-0.2, -0.15) is 5.10 Å². The summed E-state index contributed by atoms with van der Waals surface area (Å²) in [4.78, 5) is 4.61. The number of hydrogen-bond acceptors (Lipinski definition) is 4. The maximum Gasteiger partial charge on any atom is 0.169 e. The average Bonchev–Trinajstić information content (AvgIpc) is 3.16. The van der Waals surface area contributed by atoms with Crippen molar-refractivity contribution in [3.63, 3.8) is 0 Å². The molecule has 1 fully saturated rings. The van der Waals surface area contributed by atoms with Crippen LogP contribution in [0.4, 0.5) is 5.82 Å². The summed E-state index contributed by atoms with van der Waals surface area (Å²) in [6.45, 7) is 0. The Hall–Kier alpha value is -1.56. The zero-order valence-electron chi connectivity index (χ0n) is 10.9. The van der Waals surface area contributed by atoms with E-state index in [4.69, 9.17) is 4.74 Å². The lowest BCUT2D eigenvalue weighted by Gasteiger charge is -2.11. The summed E-state index contributed by atoms with van der Waals surface area (Å²) < 4.78 is 8.55. The summed E-state index contributed by atoms with van der Waals surface area (Å²) in [5, 5.41) is 7.30. The molecule has 2 aromatic heterocycles. The second-order valence-corrected chi connectivity index (χ2v) is 5.43. The Labute approximate surface area is 120 Å². The largest absolute Gasteiger partial charge is 0.487 e. The summed E-state index contributed by atoms with van der Waals surface area (Å²) in [5.41, 5.74) is 1.81. The third-order valence-corrected chi connectivity index (χ3v) is 3.63. The van der Waals surface area contributed by atoms with E-state index < -0.39 is 0 Å². The van der Waals surface area contributed by atoms with Crippen LogP contribution in [0.1, 0.15) is 12.8 Å². The minimum Gasteiger partial charge on any atom is -0.487 e. The van der Waals surface area contributed by atoms with Crippen molar-refractivity contribution in [2.75, 3.05) is 12.4 Å². The molecule has 0 bridgehead atoms. The monoisotopic (exact) mass is 322 g/mol. The lowest BCUT2D eigenvalue weighted by molar-refractivity contribution is 0.304. The smallest absolute Gasteiger partial charge is 0.169 e. The highest BCUT2D eigenvalue weighted by Gasteiger charge is 2.25. The van der Waals surface area contributed by atoms with Gasteiger partial charge in [0.2, 0.25) is 0 Å². The molecule has 1 aliphatic carbocycles. The first-order valence-electron chi connectivity index (χ1n) is 6.22. The summed E-state index contributed by atoms with van der Waals surface area (Å²) in [6, 6.07) is 3.92. The molecule has 0 atom stereocenters. The quantitative estimate of drug-likeness (QED) is 0.940. The molecule has 1 saturated carbocycles. The molecule has 3 rings (SSSR count). The van der Waals surface area contributed by atoms with Crippen molar-refractivity contribution in [3.05, 3.63) is 22.8 Å². The van der Waals surface area contributed by atoms with Crippen LogP contribution in [0, 0.1) is 0 Å². The van der Waals surface area contributed by atoms with Crippen LogP contribution in [-0.2, 0) is 7.05 Å². The van der Waals surface area contributed by atoms with Crippen molar-refractivity contribution in [2.45, 2.75) is 18.9 Å². The first-order chi connectivity index (χ1) is 9.19. The number of pyridine rings is 1. The van der Waals surface area contributed by atoms with Crippen LogP contribution in [0.2, 0.25) is 0 Å². The number of hydrogen-bond donors (Lipinski definition) is 1. The van der Waals surface area contributed by atoms with Gasteiger partial charge in [-0.25, -0.2) is 4.98 Å². The Morgan fingerprint density at radius 1 is 1.42 bits per heavy atom. The Balaban J connectivity index is 1.99. The number of nitrogens with one attached hydrogen (secondary N) is 1. The second-order valence-electron chi connectivity index (χ2n) is 4.58. The Bertz CT molecular complexity index is 587. The van der Waals surface area contributed by atoms with E-state index in [9.17, 15) is 0 Å². The lowest BCUT2D eigenvalue weighted by Crippen LogP contribution is -2.04. The molecule has 0 unspecified atom stereocenters. The highest BCUT2D eigenvalue weighted by atomic mass is 79.9. The molecule has 0 amide bonds. The number of halogens is 1. The molecule has 0 saturated heterocycles. The molecule has 1 N–H and O–H groups in total. The number of anilines is 1. The average molecular weight is 323 g/mol. The van der Waals surface area contributed by atoms with Gasteiger partial charge >= 0.3 is 0 Å². The molecule has 0 spiro atoms. The van der Waals surface area contributed by atoms with E-state index in [0.29, 0.717) is 6.10 Å². The first kappa shape index (κ1) is 12.5. The Morgan fingerprint density at radius 2 is 2.21 bits per heavy atom. The zero-order chi connectivity index (χ0) is 13.4. The number of aromatic nitrogens is 3. The van der Waals surface area contributed by atoms with Gasteiger partial charge in [0.15, 0.2) is 11.6 Å². The summed E-state index contributed by atoms with van der Waals surface area (Å²) in [5.74, 6) is 1.57. The molecule has 0 radical (unpaired) electrons. The SMILES string of the molecule is CNc1nc(-c2c(Br)cnn2C)ccc1OC1CC1. The standard InChI is InChI=1S/C13H15BrN4O/c1-15-13-11(19-8-3-4-8)6-5-10(17-13)12-9(14)7-16-18(12)2/h5-8H,3-4H2,1-2H3,(H,15,17). The summed E-state index contributed by atoms with van der Waals surface area (Å²) in [6.07, 6.45) is 4.41. The van der Waals surface area contributed by atoms with Crippen LogP contribution in [0.3, 0.4) is 0 Å². The van der Waals surface area contributed by atoms with E-state index >= 15 is 0 Å². The van der Waals surface area contributed by atoms with Crippen LogP contribution in [0.25, 0.3) is 11.4 Å². The number of rotatable bonds is 4. The van der Waals surface area contributed by atoms with E-state index in [1.54, 1.807) is 10.9 Å². The van der Waals surface area contributed by atoms with E-state index in [2.05, 4.69) is 31.3 Å². The minimum atomic E-state index is 0.364. The fourth-order valence-corrected chi connectivity index (χ4v) is 2.47. The molecule has 0 aromatic carbocycles. The fourth-order valence-electron chi connectivity index (χ4n) is 1.92. The third-order valence-electron chi connectivity index (χ3n) is 3.05. The zero-order valence-corrected chi connectivity index (χ0v) is 12.4. The summed E-state index contributed by atoms with van der Waals surface area (Å²) >= 11 is 3.49. The van der Waals surface area contributed by atoms with Gasteiger partial charge in [0.25, 0.3) is 0 Å². The molecule has 6 heteroatoms. The third kappa shape index (κ3) is 2.45. The highest BCUT2D eigenvalue weighted by Crippen LogP contribution is 2.34. The van der Waals surface area contributed by atoms with Crippen molar-refractivity contribution in [3.8, 4) is 17.1 Å². The summed E-state index contributed by atoms with van der Waals surface area (Å²) in [7, 11) is 3.75. The van der Waals surface area contributed by atoms with E-state index in [0.717, 1.165) is 40.3 Å². The van der Waals surface area contributed by atoms with Crippen molar-refractivity contribution in [1.29, 1.82) is 0 Å². The fraction of sp³-hybridized carbons (Fsp3) is 0.385. The Kier molecular flexibility index (Phi) is 3.18. The van der Waals surface area contributed by atoms with Crippen LogP contribution >= 0.6 is 15.9 Å². The van der Waals surface area contributed by atoms with Gasteiger partial charge in [-0.15, -0.1) is 0 Å². The number of ether oxygens (including phenoxy) is 1.